The zero-order chi connectivity index (χ0) is 24.2. The number of methoxy groups -OCH3 is 1. The molecule has 1 atom stereocenters. The third-order valence-electron chi connectivity index (χ3n) is 5.72. The molecule has 4 aromatic rings. The number of benzene rings is 3. The number of carbonyl (C=O) groups is 1. The first-order valence-electron chi connectivity index (χ1n) is 10.1. The van der Waals surface area contributed by atoms with Crippen LogP contribution in [-0.2, 0) is 6.18 Å². The molecule has 3 aromatic carbocycles. The molecule has 34 heavy (non-hydrogen) atoms. The number of ether oxygens (including phenoxy) is 1. The Labute approximate surface area is 195 Å². The van der Waals surface area contributed by atoms with Gasteiger partial charge in [-0.25, -0.2) is 0 Å². The van der Waals surface area contributed by atoms with Gasteiger partial charge in [0.15, 0.2) is 5.43 Å². The average molecular weight is 486 g/mol. The van der Waals surface area contributed by atoms with Crippen LogP contribution in [0, 0.1) is 0 Å². The molecule has 172 valence electrons. The van der Waals surface area contributed by atoms with Gasteiger partial charge in [-0.3, -0.25) is 14.5 Å². The standard InChI is InChI=1S/C25H15ClF3NO4/c1-33-17-8-5-13(6-9-17)21-20-22(31)18-12-15(26)7-10-19(18)34-23(20)24(32)30(21)16-4-2-3-14(11-16)25(27,28)29/h2-12,21H,1H3. The Kier molecular flexibility index (Phi) is 5.13. The normalized spacial score (nSPS) is 15.6. The summed E-state index contributed by atoms with van der Waals surface area (Å²) >= 11 is 6.06. The van der Waals surface area contributed by atoms with Crippen molar-refractivity contribution in [2.75, 3.05) is 12.0 Å². The van der Waals surface area contributed by atoms with E-state index in [1.54, 1.807) is 24.3 Å². The molecule has 1 aliphatic heterocycles. The van der Waals surface area contributed by atoms with E-state index in [-0.39, 0.29) is 28.0 Å². The molecule has 1 amide bonds. The van der Waals surface area contributed by atoms with Gasteiger partial charge in [-0.1, -0.05) is 29.8 Å². The first kappa shape index (κ1) is 22.0. The summed E-state index contributed by atoms with van der Waals surface area (Å²) < 4.78 is 51.2. The van der Waals surface area contributed by atoms with E-state index in [4.69, 9.17) is 20.8 Å². The second kappa shape index (κ2) is 7.92. The van der Waals surface area contributed by atoms with Crippen LogP contribution in [0.15, 0.2) is 75.9 Å². The van der Waals surface area contributed by atoms with Crippen molar-refractivity contribution in [3.05, 3.63) is 104 Å². The lowest BCUT2D eigenvalue weighted by Gasteiger charge is -2.26. The summed E-state index contributed by atoms with van der Waals surface area (Å²) in [5.74, 6) is -0.404. The molecule has 0 bridgehead atoms. The molecule has 0 saturated heterocycles. The molecule has 1 aliphatic rings. The second-order valence-electron chi connectivity index (χ2n) is 7.71. The molecular formula is C25H15ClF3NO4. The molecule has 1 unspecified atom stereocenters. The van der Waals surface area contributed by atoms with Crippen LogP contribution in [0.3, 0.4) is 0 Å². The Morgan fingerprint density at radius 3 is 2.41 bits per heavy atom. The van der Waals surface area contributed by atoms with Gasteiger partial charge >= 0.3 is 6.18 Å². The van der Waals surface area contributed by atoms with Crippen LogP contribution in [0.25, 0.3) is 11.0 Å². The largest absolute Gasteiger partial charge is 0.497 e. The summed E-state index contributed by atoms with van der Waals surface area (Å²) in [4.78, 5) is 28.2. The number of carbonyl (C=O) groups excluding carboxylic acids is 1. The van der Waals surface area contributed by atoms with Crippen LogP contribution in [-0.4, -0.2) is 13.0 Å². The molecule has 5 rings (SSSR count). The Morgan fingerprint density at radius 1 is 1.00 bits per heavy atom. The Hall–Kier alpha value is -3.78. The fourth-order valence-electron chi connectivity index (χ4n) is 4.15. The highest BCUT2D eigenvalue weighted by atomic mass is 35.5. The Morgan fingerprint density at radius 2 is 1.74 bits per heavy atom. The Bertz CT molecular complexity index is 1500. The van der Waals surface area contributed by atoms with Crippen molar-refractivity contribution in [1.29, 1.82) is 0 Å². The molecule has 9 heteroatoms. The Balaban J connectivity index is 1.78. The molecule has 0 N–H and O–H groups in total. The maximum absolute atomic E-state index is 13.5. The second-order valence-corrected chi connectivity index (χ2v) is 8.15. The predicted molar refractivity (Wildman–Crippen MR) is 121 cm³/mol. The van der Waals surface area contributed by atoms with Crippen LogP contribution in [0.2, 0.25) is 5.02 Å². The zero-order valence-electron chi connectivity index (χ0n) is 17.5. The van der Waals surface area contributed by atoms with Crippen molar-refractivity contribution in [2.24, 2.45) is 0 Å². The van der Waals surface area contributed by atoms with Gasteiger partial charge in [0.2, 0.25) is 5.76 Å². The van der Waals surface area contributed by atoms with Gasteiger partial charge < -0.3 is 9.15 Å². The minimum absolute atomic E-state index is 0.0199. The van der Waals surface area contributed by atoms with Crippen molar-refractivity contribution < 1.29 is 27.1 Å². The van der Waals surface area contributed by atoms with Crippen molar-refractivity contribution in [1.82, 2.24) is 0 Å². The molecule has 5 nitrogen and oxygen atoms in total. The van der Waals surface area contributed by atoms with Gasteiger partial charge in [-0.05, 0) is 54.1 Å². The van der Waals surface area contributed by atoms with Crippen LogP contribution < -0.4 is 15.1 Å². The van der Waals surface area contributed by atoms with Crippen molar-refractivity contribution in [3.8, 4) is 5.75 Å². The molecule has 2 heterocycles. The summed E-state index contributed by atoms with van der Waals surface area (Å²) in [5.41, 5.74) is -0.739. The summed E-state index contributed by atoms with van der Waals surface area (Å²) in [6.07, 6.45) is -4.61. The number of halogens is 4. The maximum Gasteiger partial charge on any atom is 0.416 e. The number of rotatable bonds is 3. The number of hydrogen-bond acceptors (Lipinski definition) is 4. The highest BCUT2D eigenvalue weighted by molar-refractivity contribution is 6.31. The summed E-state index contributed by atoms with van der Waals surface area (Å²) in [7, 11) is 1.49. The van der Waals surface area contributed by atoms with Crippen LogP contribution in [0.4, 0.5) is 18.9 Å². The molecule has 0 spiro atoms. The fourth-order valence-corrected chi connectivity index (χ4v) is 4.32. The van der Waals surface area contributed by atoms with Gasteiger partial charge in [0.05, 0.1) is 29.7 Å². The SMILES string of the molecule is COc1ccc(C2c3c(oc4ccc(Cl)cc4c3=O)C(=O)N2c2cccc(C(F)(F)F)c2)cc1. The van der Waals surface area contributed by atoms with Gasteiger partial charge in [-0.15, -0.1) is 0 Å². The number of anilines is 1. The minimum atomic E-state index is -4.61. The molecule has 0 fully saturated rings. The molecule has 0 saturated carbocycles. The lowest BCUT2D eigenvalue weighted by Crippen LogP contribution is -2.29. The van der Waals surface area contributed by atoms with Gasteiger partial charge in [0.25, 0.3) is 5.91 Å². The lowest BCUT2D eigenvalue weighted by molar-refractivity contribution is -0.137. The van der Waals surface area contributed by atoms with E-state index in [1.807, 2.05) is 0 Å². The van der Waals surface area contributed by atoms with E-state index >= 15 is 0 Å². The minimum Gasteiger partial charge on any atom is -0.497 e. The first-order valence-corrected chi connectivity index (χ1v) is 10.5. The number of nitrogens with zero attached hydrogens (tertiary/aromatic N) is 1. The van der Waals surface area contributed by atoms with E-state index < -0.39 is 29.1 Å². The van der Waals surface area contributed by atoms with E-state index in [1.165, 1.54) is 37.4 Å². The topological polar surface area (TPSA) is 59.8 Å². The summed E-state index contributed by atoms with van der Waals surface area (Å²) in [6, 6.07) is 14.4. The molecule has 1 aromatic heterocycles. The number of fused-ring (bicyclic) bond motifs is 2. The third kappa shape index (κ3) is 3.51. The summed E-state index contributed by atoms with van der Waals surface area (Å²) in [6.45, 7) is 0. The van der Waals surface area contributed by atoms with E-state index in [9.17, 15) is 22.8 Å². The zero-order valence-corrected chi connectivity index (χ0v) is 18.3. The van der Waals surface area contributed by atoms with Crippen molar-refractivity contribution >= 4 is 34.2 Å². The number of alkyl halides is 3. The van der Waals surface area contributed by atoms with Gasteiger partial charge in [0, 0.05) is 10.7 Å². The first-order chi connectivity index (χ1) is 16.2. The number of hydrogen-bond donors (Lipinski definition) is 0. The monoisotopic (exact) mass is 485 g/mol. The number of amides is 1. The highest BCUT2D eigenvalue weighted by Gasteiger charge is 2.44. The average Bonchev–Trinajstić information content (AvgIpc) is 3.11. The maximum atomic E-state index is 13.5. The molecular weight excluding hydrogens is 471 g/mol. The van der Waals surface area contributed by atoms with Gasteiger partial charge in [-0.2, -0.15) is 13.2 Å². The third-order valence-corrected chi connectivity index (χ3v) is 5.95. The quantitative estimate of drug-likeness (QED) is 0.345. The highest BCUT2D eigenvalue weighted by Crippen LogP contribution is 2.43. The smallest absolute Gasteiger partial charge is 0.416 e. The van der Waals surface area contributed by atoms with E-state index in [2.05, 4.69) is 0 Å². The lowest BCUT2D eigenvalue weighted by atomic mass is 9.98. The molecule has 0 aliphatic carbocycles. The van der Waals surface area contributed by atoms with E-state index in [0.717, 1.165) is 17.0 Å². The van der Waals surface area contributed by atoms with Crippen molar-refractivity contribution in [3.63, 3.8) is 0 Å². The predicted octanol–water partition coefficient (Wildman–Crippen LogP) is 6.22. The summed E-state index contributed by atoms with van der Waals surface area (Å²) in [5, 5.41) is 0.475. The van der Waals surface area contributed by atoms with Gasteiger partial charge in [0.1, 0.15) is 11.3 Å². The fraction of sp³-hybridized carbons (Fsp3) is 0.120. The van der Waals surface area contributed by atoms with Crippen molar-refractivity contribution in [2.45, 2.75) is 12.2 Å². The van der Waals surface area contributed by atoms with Crippen LogP contribution in [0.1, 0.15) is 33.3 Å². The van der Waals surface area contributed by atoms with Crippen LogP contribution in [0.5, 0.6) is 5.75 Å². The molecule has 0 radical (unpaired) electrons. The van der Waals surface area contributed by atoms with Crippen LogP contribution >= 0.6 is 11.6 Å². The van der Waals surface area contributed by atoms with E-state index in [0.29, 0.717) is 16.3 Å².